The molecule has 0 spiro atoms. The molecule has 8 nitrogen and oxygen atoms in total. The largest absolute Gasteiger partial charge is 0.365 e. The number of hydrogen-bond donors (Lipinski definition) is 2. The Bertz CT molecular complexity index is 1580. The third kappa shape index (κ3) is 4.87. The number of aromatic nitrogens is 4. The van der Waals surface area contributed by atoms with E-state index in [0.29, 0.717) is 34.0 Å². The lowest BCUT2D eigenvalue weighted by atomic mass is 10.0. The minimum Gasteiger partial charge on any atom is -0.365 e. The fraction of sp³-hybridized carbons (Fsp3) is 0.115. The van der Waals surface area contributed by atoms with E-state index in [2.05, 4.69) is 30.7 Å². The van der Waals surface area contributed by atoms with E-state index in [0.717, 1.165) is 28.6 Å². The lowest BCUT2D eigenvalue weighted by molar-refractivity contribution is 0.101. The van der Waals surface area contributed by atoms with Crippen molar-refractivity contribution < 1.29 is 13.7 Å². The third-order valence-electron chi connectivity index (χ3n) is 5.53. The summed E-state index contributed by atoms with van der Waals surface area (Å²) in [5, 5.41) is 11.3. The second-order valence-corrected chi connectivity index (χ2v) is 8.59. The molecule has 5 aromatic rings. The van der Waals surface area contributed by atoms with Gasteiger partial charge in [0.05, 0.1) is 29.3 Å². The number of nitrogens with one attached hydrogen (secondary N) is 2. The van der Waals surface area contributed by atoms with Crippen molar-refractivity contribution in [2.45, 2.75) is 20.4 Å². The van der Waals surface area contributed by atoms with Crippen LogP contribution >= 0.6 is 11.6 Å². The summed E-state index contributed by atoms with van der Waals surface area (Å²) < 4.78 is 18.8. The first kappa shape index (κ1) is 23.4. The molecule has 180 valence electrons. The Kier molecular flexibility index (Phi) is 6.30. The molecule has 0 saturated carbocycles. The number of nitrogens with zero attached hydrogens (tertiary/aromatic N) is 4. The highest BCUT2D eigenvalue weighted by Crippen LogP contribution is 2.31. The molecule has 0 saturated heterocycles. The van der Waals surface area contributed by atoms with Crippen LogP contribution in [0.5, 0.6) is 0 Å². The molecule has 5 rings (SSSR count). The number of fused-ring (bicyclic) bond motifs is 1. The van der Waals surface area contributed by atoms with E-state index < -0.39 is 11.7 Å². The van der Waals surface area contributed by atoms with Crippen molar-refractivity contribution in [2.75, 3.05) is 10.6 Å². The smallest absolute Gasteiger partial charge is 0.293 e. The summed E-state index contributed by atoms with van der Waals surface area (Å²) in [6.45, 7) is 4.14. The number of aryl methyl sites for hydroxylation is 2. The van der Waals surface area contributed by atoms with Gasteiger partial charge in [-0.3, -0.25) is 9.78 Å². The van der Waals surface area contributed by atoms with Crippen molar-refractivity contribution in [3.05, 3.63) is 94.6 Å². The number of pyridine rings is 1. The normalized spacial score (nSPS) is 11.0. The number of amides is 1. The second kappa shape index (κ2) is 9.71. The minimum atomic E-state index is -0.593. The Balaban J connectivity index is 1.56. The molecule has 3 aromatic heterocycles. The summed E-state index contributed by atoms with van der Waals surface area (Å²) in [7, 11) is 0. The molecule has 0 aliphatic rings. The SMILES string of the molecule is Cc1noc(C)c1-c1ccc2nc(C(=O)Nc3cncc(F)c3)nc(NCc3cccc(Cl)c3)c2c1. The van der Waals surface area contributed by atoms with Gasteiger partial charge in [0.15, 0.2) is 0 Å². The molecule has 0 atom stereocenters. The molecule has 2 N–H and O–H groups in total. The summed E-state index contributed by atoms with van der Waals surface area (Å²) in [4.78, 5) is 25.6. The molecule has 0 unspecified atom stereocenters. The Morgan fingerprint density at radius 3 is 2.69 bits per heavy atom. The molecule has 0 bridgehead atoms. The molecule has 10 heteroatoms. The van der Waals surface area contributed by atoms with E-state index in [1.54, 1.807) is 6.07 Å². The molecule has 0 aliphatic heterocycles. The summed E-state index contributed by atoms with van der Waals surface area (Å²) in [6, 6.07) is 14.2. The summed E-state index contributed by atoms with van der Waals surface area (Å²) in [5.74, 6) is -0.0877. The van der Waals surface area contributed by atoms with E-state index in [4.69, 9.17) is 16.1 Å². The maximum absolute atomic E-state index is 13.5. The Hall–Kier alpha value is -4.37. The van der Waals surface area contributed by atoms with Gasteiger partial charge in [-0.1, -0.05) is 35.0 Å². The van der Waals surface area contributed by atoms with Crippen molar-refractivity contribution in [3.63, 3.8) is 0 Å². The van der Waals surface area contributed by atoms with Crippen LogP contribution in [0.25, 0.3) is 22.0 Å². The number of hydrogen-bond acceptors (Lipinski definition) is 7. The predicted molar refractivity (Wildman–Crippen MR) is 135 cm³/mol. The fourth-order valence-electron chi connectivity index (χ4n) is 3.92. The first-order valence-electron chi connectivity index (χ1n) is 11.0. The zero-order chi connectivity index (χ0) is 25.2. The maximum atomic E-state index is 13.5. The summed E-state index contributed by atoms with van der Waals surface area (Å²) in [5.41, 5.74) is 4.23. The van der Waals surface area contributed by atoms with Gasteiger partial charge in [-0.05, 0) is 49.2 Å². The van der Waals surface area contributed by atoms with E-state index in [-0.39, 0.29) is 11.5 Å². The van der Waals surface area contributed by atoms with Gasteiger partial charge < -0.3 is 15.2 Å². The molecule has 0 radical (unpaired) electrons. The third-order valence-corrected chi connectivity index (χ3v) is 5.77. The highest BCUT2D eigenvalue weighted by molar-refractivity contribution is 6.30. The van der Waals surface area contributed by atoms with Gasteiger partial charge in [0.25, 0.3) is 5.91 Å². The monoisotopic (exact) mass is 502 g/mol. The molecule has 0 aliphatic carbocycles. The van der Waals surface area contributed by atoms with Gasteiger partial charge >= 0.3 is 0 Å². The Labute approximate surface area is 210 Å². The Morgan fingerprint density at radius 2 is 1.94 bits per heavy atom. The van der Waals surface area contributed by atoms with Crippen molar-refractivity contribution in [3.8, 4) is 11.1 Å². The number of carbonyl (C=O) groups is 1. The lowest BCUT2D eigenvalue weighted by Crippen LogP contribution is -2.17. The maximum Gasteiger partial charge on any atom is 0.293 e. The predicted octanol–water partition coefficient (Wildman–Crippen LogP) is 5.95. The highest BCUT2D eigenvalue weighted by atomic mass is 35.5. The fourth-order valence-corrected chi connectivity index (χ4v) is 4.13. The van der Waals surface area contributed by atoms with Gasteiger partial charge in [-0.15, -0.1) is 0 Å². The summed E-state index contributed by atoms with van der Waals surface area (Å²) >= 11 is 6.13. The lowest BCUT2D eigenvalue weighted by Gasteiger charge is -2.13. The van der Waals surface area contributed by atoms with Gasteiger partial charge in [-0.25, -0.2) is 14.4 Å². The van der Waals surface area contributed by atoms with Crippen LogP contribution in [0.1, 0.15) is 27.6 Å². The topological polar surface area (TPSA) is 106 Å². The van der Waals surface area contributed by atoms with Crippen molar-refractivity contribution in [1.29, 1.82) is 0 Å². The molecule has 0 fully saturated rings. The number of carbonyl (C=O) groups excluding carboxylic acids is 1. The molecule has 2 aromatic carbocycles. The first-order valence-corrected chi connectivity index (χ1v) is 11.4. The second-order valence-electron chi connectivity index (χ2n) is 8.16. The van der Waals surface area contributed by atoms with E-state index in [1.807, 2.05) is 50.2 Å². The number of rotatable bonds is 6. The molecule has 36 heavy (non-hydrogen) atoms. The van der Waals surface area contributed by atoms with E-state index in [9.17, 15) is 9.18 Å². The average molecular weight is 503 g/mol. The quantitative estimate of drug-likeness (QED) is 0.295. The first-order chi connectivity index (χ1) is 17.4. The van der Waals surface area contributed by atoms with E-state index in [1.165, 1.54) is 12.3 Å². The van der Waals surface area contributed by atoms with E-state index >= 15 is 0 Å². The molecular formula is C26H20ClFN6O2. The molecule has 3 heterocycles. The van der Waals surface area contributed by atoms with Crippen LogP contribution in [0.4, 0.5) is 15.9 Å². The number of anilines is 2. The summed E-state index contributed by atoms with van der Waals surface area (Å²) in [6.07, 6.45) is 2.40. The standard InChI is InChI=1S/C26H20ClFN6O2/c1-14-23(15(2)36-34-14)17-6-7-22-21(9-17)24(30-11-16-4-3-5-18(27)8-16)33-25(32-22)26(35)31-20-10-19(28)12-29-13-20/h3-10,12-13H,11H2,1-2H3,(H,31,35)(H,30,32,33). The molecular weight excluding hydrogens is 483 g/mol. The van der Waals surface area contributed by atoms with Crippen LogP contribution in [-0.4, -0.2) is 26.0 Å². The van der Waals surface area contributed by atoms with Gasteiger partial charge in [0.1, 0.15) is 17.4 Å². The highest BCUT2D eigenvalue weighted by Gasteiger charge is 2.18. The number of halogens is 2. The van der Waals surface area contributed by atoms with Crippen molar-refractivity contribution >= 4 is 39.9 Å². The van der Waals surface area contributed by atoms with Crippen molar-refractivity contribution in [2.24, 2.45) is 0 Å². The minimum absolute atomic E-state index is 0.0783. The van der Waals surface area contributed by atoms with Crippen LogP contribution in [-0.2, 0) is 6.54 Å². The van der Waals surface area contributed by atoms with Crippen LogP contribution in [0.3, 0.4) is 0 Å². The van der Waals surface area contributed by atoms with Crippen LogP contribution in [0, 0.1) is 19.7 Å². The van der Waals surface area contributed by atoms with Crippen LogP contribution in [0.2, 0.25) is 5.02 Å². The van der Waals surface area contributed by atoms with Gasteiger partial charge in [0.2, 0.25) is 5.82 Å². The van der Waals surface area contributed by atoms with Crippen LogP contribution < -0.4 is 10.6 Å². The molecule has 1 amide bonds. The number of benzene rings is 2. The van der Waals surface area contributed by atoms with Crippen molar-refractivity contribution in [1.82, 2.24) is 20.1 Å². The van der Waals surface area contributed by atoms with Crippen LogP contribution in [0.15, 0.2) is 65.4 Å². The average Bonchev–Trinajstić information content (AvgIpc) is 3.19. The zero-order valence-electron chi connectivity index (χ0n) is 19.3. The zero-order valence-corrected chi connectivity index (χ0v) is 20.1. The van der Waals surface area contributed by atoms with Gasteiger partial charge in [0, 0.05) is 28.6 Å². The Morgan fingerprint density at radius 1 is 1.08 bits per heavy atom. The van der Waals surface area contributed by atoms with Gasteiger partial charge in [-0.2, -0.15) is 0 Å².